The van der Waals surface area contributed by atoms with Gasteiger partial charge in [0.25, 0.3) is 0 Å². The summed E-state index contributed by atoms with van der Waals surface area (Å²) in [6.45, 7) is 0.471. The standard InChI is InChI=1S/C12H13BrN2O3S/c13-11-6-9(7-14)3-4-12(11)19(16,17)15-8-10-2-1-5-18-10/h1-6,15H,7-8,14H2. The minimum atomic E-state index is -3.59. The maximum Gasteiger partial charge on any atom is 0.242 e. The highest BCUT2D eigenvalue weighted by Gasteiger charge is 2.17. The highest BCUT2D eigenvalue weighted by atomic mass is 79.9. The highest BCUT2D eigenvalue weighted by Crippen LogP contribution is 2.23. The smallest absolute Gasteiger partial charge is 0.242 e. The van der Waals surface area contributed by atoms with Crippen LogP contribution in [0.2, 0.25) is 0 Å². The molecule has 0 aliphatic rings. The summed E-state index contributed by atoms with van der Waals surface area (Å²) < 4.78 is 32.3. The Hall–Kier alpha value is -1.15. The van der Waals surface area contributed by atoms with Crippen LogP contribution in [0, 0.1) is 0 Å². The molecule has 1 aromatic heterocycles. The minimum Gasteiger partial charge on any atom is -0.468 e. The molecule has 1 heterocycles. The summed E-state index contributed by atoms with van der Waals surface area (Å²) in [5.74, 6) is 0.554. The number of hydrogen-bond donors (Lipinski definition) is 2. The van der Waals surface area contributed by atoms with Gasteiger partial charge in [-0.1, -0.05) is 6.07 Å². The lowest BCUT2D eigenvalue weighted by atomic mass is 10.2. The van der Waals surface area contributed by atoms with Gasteiger partial charge in [-0.15, -0.1) is 0 Å². The first-order chi connectivity index (χ1) is 9.03. The Kier molecular flexibility index (Phi) is 4.41. The normalized spacial score (nSPS) is 11.7. The molecule has 1 aromatic carbocycles. The highest BCUT2D eigenvalue weighted by molar-refractivity contribution is 9.10. The third-order valence-corrected chi connectivity index (χ3v) is 4.92. The zero-order chi connectivity index (χ0) is 13.9. The second-order valence-electron chi connectivity index (χ2n) is 3.87. The largest absolute Gasteiger partial charge is 0.468 e. The van der Waals surface area contributed by atoms with Crippen molar-refractivity contribution in [1.29, 1.82) is 0 Å². The van der Waals surface area contributed by atoms with E-state index in [4.69, 9.17) is 10.2 Å². The number of hydrogen-bond acceptors (Lipinski definition) is 4. The van der Waals surface area contributed by atoms with Crippen molar-refractivity contribution in [2.45, 2.75) is 18.0 Å². The maximum absolute atomic E-state index is 12.1. The molecular weight excluding hydrogens is 332 g/mol. The molecule has 0 bridgehead atoms. The van der Waals surface area contributed by atoms with Crippen molar-refractivity contribution in [3.63, 3.8) is 0 Å². The Morgan fingerprint density at radius 3 is 2.68 bits per heavy atom. The van der Waals surface area contributed by atoms with Gasteiger partial charge in [0.15, 0.2) is 0 Å². The number of nitrogens with one attached hydrogen (secondary N) is 1. The third-order valence-electron chi connectivity index (χ3n) is 2.54. The van der Waals surface area contributed by atoms with E-state index in [9.17, 15) is 8.42 Å². The van der Waals surface area contributed by atoms with Crippen molar-refractivity contribution in [3.05, 3.63) is 52.4 Å². The molecule has 0 amide bonds. The monoisotopic (exact) mass is 344 g/mol. The van der Waals surface area contributed by atoms with Crippen LogP contribution in [0.1, 0.15) is 11.3 Å². The topological polar surface area (TPSA) is 85.3 Å². The van der Waals surface area contributed by atoms with Crippen LogP contribution in [0.5, 0.6) is 0 Å². The number of rotatable bonds is 5. The van der Waals surface area contributed by atoms with E-state index in [1.807, 2.05) is 0 Å². The predicted molar refractivity (Wildman–Crippen MR) is 74.8 cm³/mol. The third kappa shape index (κ3) is 3.44. The van der Waals surface area contributed by atoms with Crippen LogP contribution in [0.3, 0.4) is 0 Å². The molecule has 0 aliphatic heterocycles. The molecule has 102 valence electrons. The number of halogens is 1. The van der Waals surface area contributed by atoms with Gasteiger partial charge in [0, 0.05) is 11.0 Å². The molecule has 3 N–H and O–H groups in total. The van der Waals surface area contributed by atoms with Crippen molar-refractivity contribution >= 4 is 26.0 Å². The molecule has 0 saturated heterocycles. The Morgan fingerprint density at radius 1 is 1.32 bits per heavy atom. The van der Waals surface area contributed by atoms with Crippen molar-refractivity contribution in [2.24, 2.45) is 5.73 Å². The summed E-state index contributed by atoms with van der Waals surface area (Å²) in [6, 6.07) is 8.31. The van der Waals surface area contributed by atoms with Crippen LogP contribution >= 0.6 is 15.9 Å². The number of furan rings is 1. The van der Waals surface area contributed by atoms with E-state index < -0.39 is 10.0 Å². The number of nitrogens with two attached hydrogens (primary N) is 1. The maximum atomic E-state index is 12.1. The minimum absolute atomic E-state index is 0.112. The van der Waals surface area contributed by atoms with Crippen molar-refractivity contribution in [2.75, 3.05) is 0 Å². The van der Waals surface area contributed by atoms with Crippen LogP contribution in [-0.2, 0) is 23.1 Å². The van der Waals surface area contributed by atoms with Crippen molar-refractivity contribution in [1.82, 2.24) is 4.72 Å². The van der Waals surface area contributed by atoms with Gasteiger partial charge in [-0.05, 0) is 45.8 Å². The molecule has 0 saturated carbocycles. The second kappa shape index (κ2) is 5.87. The average molecular weight is 345 g/mol. The first-order valence-electron chi connectivity index (χ1n) is 5.53. The molecule has 0 spiro atoms. The lowest BCUT2D eigenvalue weighted by Gasteiger charge is -2.08. The van der Waals surface area contributed by atoms with E-state index in [1.54, 1.807) is 24.3 Å². The van der Waals surface area contributed by atoms with Gasteiger partial charge in [-0.25, -0.2) is 13.1 Å². The number of benzene rings is 1. The van der Waals surface area contributed by atoms with Gasteiger partial charge in [-0.3, -0.25) is 0 Å². The molecule has 0 unspecified atom stereocenters. The Balaban J connectivity index is 2.19. The van der Waals surface area contributed by atoms with Gasteiger partial charge in [-0.2, -0.15) is 0 Å². The van der Waals surface area contributed by atoms with E-state index in [1.165, 1.54) is 12.3 Å². The van der Waals surface area contributed by atoms with Gasteiger partial charge >= 0.3 is 0 Å². The molecule has 0 atom stereocenters. The van der Waals surface area contributed by atoms with Crippen LogP contribution < -0.4 is 10.5 Å². The number of sulfonamides is 1. The molecule has 5 nitrogen and oxygen atoms in total. The SMILES string of the molecule is NCc1ccc(S(=O)(=O)NCc2ccco2)c(Br)c1. The van der Waals surface area contributed by atoms with Crippen LogP contribution in [0.25, 0.3) is 0 Å². The molecular formula is C12H13BrN2O3S. The molecule has 0 aliphatic carbocycles. The Labute approximate surface area is 120 Å². The predicted octanol–water partition coefficient (Wildman–Crippen LogP) is 1.98. The van der Waals surface area contributed by atoms with Crippen LogP contribution in [0.15, 0.2) is 50.4 Å². The average Bonchev–Trinajstić information content (AvgIpc) is 2.89. The summed E-state index contributed by atoms with van der Waals surface area (Å²) in [5.41, 5.74) is 6.36. The van der Waals surface area contributed by atoms with E-state index in [2.05, 4.69) is 20.7 Å². The van der Waals surface area contributed by atoms with Crippen molar-refractivity contribution in [3.8, 4) is 0 Å². The molecule has 2 rings (SSSR count). The molecule has 2 aromatic rings. The fourth-order valence-corrected chi connectivity index (χ4v) is 3.66. The molecule has 19 heavy (non-hydrogen) atoms. The summed E-state index contributed by atoms with van der Waals surface area (Å²) in [4.78, 5) is 0.177. The van der Waals surface area contributed by atoms with Gasteiger partial charge < -0.3 is 10.2 Å². The van der Waals surface area contributed by atoms with E-state index in [0.29, 0.717) is 16.8 Å². The zero-order valence-corrected chi connectivity index (χ0v) is 12.4. The first kappa shape index (κ1) is 14.3. The first-order valence-corrected chi connectivity index (χ1v) is 7.81. The molecule has 0 fully saturated rings. The quantitative estimate of drug-likeness (QED) is 0.868. The fraction of sp³-hybridized carbons (Fsp3) is 0.167. The second-order valence-corrected chi connectivity index (χ2v) is 6.46. The lowest BCUT2D eigenvalue weighted by Crippen LogP contribution is -2.23. The zero-order valence-electron chi connectivity index (χ0n) is 9.97. The van der Waals surface area contributed by atoms with Gasteiger partial charge in [0.05, 0.1) is 17.7 Å². The Bertz CT molecular complexity index is 654. The van der Waals surface area contributed by atoms with Crippen LogP contribution in [0.4, 0.5) is 0 Å². The summed E-state index contributed by atoms with van der Waals surface area (Å²) in [5, 5.41) is 0. The van der Waals surface area contributed by atoms with Gasteiger partial charge in [0.1, 0.15) is 5.76 Å². The van der Waals surface area contributed by atoms with Gasteiger partial charge in [0.2, 0.25) is 10.0 Å². The molecule has 0 radical (unpaired) electrons. The summed E-state index contributed by atoms with van der Waals surface area (Å²) in [6.07, 6.45) is 1.50. The van der Waals surface area contributed by atoms with E-state index in [-0.39, 0.29) is 11.4 Å². The summed E-state index contributed by atoms with van der Waals surface area (Å²) in [7, 11) is -3.59. The van der Waals surface area contributed by atoms with E-state index in [0.717, 1.165) is 5.56 Å². The van der Waals surface area contributed by atoms with Crippen molar-refractivity contribution < 1.29 is 12.8 Å². The van der Waals surface area contributed by atoms with E-state index >= 15 is 0 Å². The molecule has 7 heteroatoms. The fourth-order valence-electron chi connectivity index (χ4n) is 1.55. The lowest BCUT2D eigenvalue weighted by molar-refractivity contribution is 0.498. The summed E-state index contributed by atoms with van der Waals surface area (Å²) >= 11 is 3.24. The van der Waals surface area contributed by atoms with Crippen LogP contribution in [-0.4, -0.2) is 8.42 Å². The Morgan fingerprint density at radius 2 is 2.11 bits per heavy atom.